The van der Waals surface area contributed by atoms with Gasteiger partial charge in [0.05, 0.1) is 5.92 Å². The zero-order valence-electron chi connectivity index (χ0n) is 8.81. The Balaban J connectivity index is 2.54. The fourth-order valence-electron chi connectivity index (χ4n) is 2.01. The summed E-state index contributed by atoms with van der Waals surface area (Å²) in [5.41, 5.74) is 1.09. The molecule has 0 fully saturated rings. The highest BCUT2D eigenvalue weighted by Gasteiger charge is 2.40. The number of hydrogen-bond acceptors (Lipinski definition) is 0. The molecule has 1 atom stereocenters. The van der Waals surface area contributed by atoms with Crippen molar-refractivity contribution in [3.63, 3.8) is 0 Å². The molecule has 0 saturated carbocycles. The van der Waals surface area contributed by atoms with Crippen molar-refractivity contribution in [2.24, 2.45) is 0 Å². The van der Waals surface area contributed by atoms with Gasteiger partial charge in [0.2, 0.25) is 0 Å². The molecule has 1 N–H and O–H groups in total. The molecule has 0 aliphatic rings. The van der Waals surface area contributed by atoms with E-state index in [0.717, 1.165) is 5.52 Å². The molecule has 1 nitrogen and oxygen atoms in total. The molecule has 2 rings (SSSR count). The van der Waals surface area contributed by atoms with Crippen LogP contribution in [0.1, 0.15) is 24.8 Å². The summed E-state index contributed by atoms with van der Waals surface area (Å²) >= 11 is 0. The van der Waals surface area contributed by atoms with Gasteiger partial charge >= 0.3 is 6.18 Å². The number of nitrogens with one attached hydrogen (secondary N) is 1. The average molecular weight is 227 g/mol. The Morgan fingerprint density at radius 3 is 2.56 bits per heavy atom. The van der Waals surface area contributed by atoms with Gasteiger partial charge in [0.25, 0.3) is 0 Å². The molecule has 0 bridgehead atoms. The lowest BCUT2D eigenvalue weighted by Gasteiger charge is -2.17. The molecule has 1 heterocycles. The van der Waals surface area contributed by atoms with Crippen LogP contribution in [0, 0.1) is 0 Å². The standard InChI is InChI=1S/C12H12F3N/c1-2-10(12(13,14)15)9-7-16-11-6-4-3-5-8(9)11/h3-7,10,16H,2H2,1H3/t10-/m1/s1. The van der Waals surface area contributed by atoms with Crippen LogP contribution in [0.15, 0.2) is 30.5 Å². The maximum Gasteiger partial charge on any atom is 0.395 e. The van der Waals surface area contributed by atoms with Gasteiger partial charge in [-0.2, -0.15) is 13.2 Å². The van der Waals surface area contributed by atoms with E-state index in [4.69, 9.17) is 0 Å². The topological polar surface area (TPSA) is 15.8 Å². The van der Waals surface area contributed by atoms with Crippen molar-refractivity contribution >= 4 is 10.9 Å². The van der Waals surface area contributed by atoms with Crippen LogP contribution in [0.2, 0.25) is 0 Å². The third-order valence-corrected chi connectivity index (χ3v) is 2.80. The maximum absolute atomic E-state index is 12.8. The quantitative estimate of drug-likeness (QED) is 0.790. The first kappa shape index (κ1) is 11.0. The molecule has 4 heteroatoms. The molecular formula is C12H12F3N. The lowest BCUT2D eigenvalue weighted by Crippen LogP contribution is -2.19. The van der Waals surface area contributed by atoms with E-state index in [-0.39, 0.29) is 6.42 Å². The van der Waals surface area contributed by atoms with Crippen molar-refractivity contribution < 1.29 is 13.2 Å². The number of halogens is 3. The normalized spacial score (nSPS) is 14.2. The Bertz CT molecular complexity index is 484. The van der Waals surface area contributed by atoms with E-state index >= 15 is 0 Å². The number of hydrogen-bond donors (Lipinski definition) is 1. The lowest BCUT2D eigenvalue weighted by molar-refractivity contribution is -0.150. The third kappa shape index (κ3) is 1.79. The molecule has 0 aliphatic heterocycles. The molecule has 0 unspecified atom stereocenters. The highest BCUT2D eigenvalue weighted by Crippen LogP contribution is 2.39. The summed E-state index contributed by atoms with van der Waals surface area (Å²) in [6.07, 6.45) is -2.66. The predicted molar refractivity (Wildman–Crippen MR) is 57.4 cm³/mol. The fourth-order valence-corrected chi connectivity index (χ4v) is 2.01. The summed E-state index contributed by atoms with van der Waals surface area (Å²) < 4.78 is 38.4. The van der Waals surface area contributed by atoms with Gasteiger partial charge in [-0.05, 0) is 18.1 Å². The van der Waals surface area contributed by atoms with Gasteiger partial charge in [-0.3, -0.25) is 0 Å². The van der Waals surface area contributed by atoms with Gasteiger partial charge in [-0.1, -0.05) is 25.1 Å². The molecule has 2 aromatic rings. The van der Waals surface area contributed by atoms with Crippen LogP contribution in [-0.4, -0.2) is 11.2 Å². The molecule has 86 valence electrons. The number of aromatic nitrogens is 1. The minimum Gasteiger partial charge on any atom is -0.361 e. The Hall–Kier alpha value is -1.45. The van der Waals surface area contributed by atoms with Crippen molar-refractivity contribution in [3.05, 3.63) is 36.0 Å². The van der Waals surface area contributed by atoms with Gasteiger partial charge < -0.3 is 4.98 Å². The van der Waals surface area contributed by atoms with Gasteiger partial charge in [0, 0.05) is 17.1 Å². The van der Waals surface area contributed by atoms with E-state index in [1.54, 1.807) is 31.2 Å². The second-order valence-corrected chi connectivity index (χ2v) is 3.79. The summed E-state index contributed by atoms with van der Waals surface area (Å²) in [4.78, 5) is 2.88. The van der Waals surface area contributed by atoms with E-state index in [9.17, 15) is 13.2 Å². The van der Waals surface area contributed by atoms with Crippen LogP contribution in [0.5, 0.6) is 0 Å². The zero-order valence-corrected chi connectivity index (χ0v) is 8.81. The molecule has 0 saturated heterocycles. The van der Waals surface area contributed by atoms with Crippen LogP contribution in [0.3, 0.4) is 0 Å². The average Bonchev–Trinajstić information content (AvgIpc) is 2.61. The highest BCUT2D eigenvalue weighted by atomic mass is 19.4. The predicted octanol–water partition coefficient (Wildman–Crippen LogP) is 4.22. The summed E-state index contributed by atoms with van der Waals surface area (Å²) in [6.45, 7) is 1.56. The van der Waals surface area contributed by atoms with Crippen molar-refractivity contribution in [2.45, 2.75) is 25.4 Å². The number of fused-ring (bicyclic) bond motifs is 1. The van der Waals surface area contributed by atoms with E-state index < -0.39 is 12.1 Å². The number of benzene rings is 1. The van der Waals surface area contributed by atoms with Gasteiger partial charge in [-0.25, -0.2) is 0 Å². The van der Waals surface area contributed by atoms with Crippen LogP contribution in [0.25, 0.3) is 10.9 Å². The third-order valence-electron chi connectivity index (χ3n) is 2.80. The monoisotopic (exact) mass is 227 g/mol. The highest BCUT2D eigenvalue weighted by molar-refractivity contribution is 5.83. The van der Waals surface area contributed by atoms with Crippen LogP contribution >= 0.6 is 0 Å². The number of para-hydroxylation sites is 1. The second-order valence-electron chi connectivity index (χ2n) is 3.79. The van der Waals surface area contributed by atoms with E-state index in [2.05, 4.69) is 4.98 Å². The molecule has 0 aliphatic carbocycles. The summed E-state index contributed by atoms with van der Waals surface area (Å²) in [6, 6.07) is 7.05. The smallest absolute Gasteiger partial charge is 0.361 e. The number of aromatic amines is 1. The van der Waals surface area contributed by atoms with Gasteiger partial charge in [-0.15, -0.1) is 0 Å². The molecular weight excluding hydrogens is 215 g/mol. The Morgan fingerprint density at radius 1 is 1.25 bits per heavy atom. The van der Waals surface area contributed by atoms with E-state index in [1.807, 2.05) is 0 Å². The van der Waals surface area contributed by atoms with Gasteiger partial charge in [0.15, 0.2) is 0 Å². The first-order valence-corrected chi connectivity index (χ1v) is 5.16. The molecule has 1 aromatic heterocycles. The van der Waals surface area contributed by atoms with Crippen molar-refractivity contribution in [1.29, 1.82) is 0 Å². The molecule has 0 spiro atoms. The largest absolute Gasteiger partial charge is 0.395 e. The number of alkyl halides is 3. The summed E-state index contributed by atoms with van der Waals surface area (Å²) in [7, 11) is 0. The van der Waals surface area contributed by atoms with Crippen LogP contribution in [0.4, 0.5) is 13.2 Å². The van der Waals surface area contributed by atoms with E-state index in [1.165, 1.54) is 6.20 Å². The van der Waals surface area contributed by atoms with Crippen LogP contribution in [-0.2, 0) is 0 Å². The molecule has 1 aromatic carbocycles. The fraction of sp³-hybridized carbons (Fsp3) is 0.333. The Morgan fingerprint density at radius 2 is 1.94 bits per heavy atom. The lowest BCUT2D eigenvalue weighted by atomic mass is 9.95. The number of H-pyrrole nitrogens is 1. The Kier molecular flexibility index (Phi) is 2.66. The zero-order chi connectivity index (χ0) is 11.8. The Labute approximate surface area is 91.3 Å². The minimum absolute atomic E-state index is 0.0609. The second kappa shape index (κ2) is 3.85. The van der Waals surface area contributed by atoms with Crippen LogP contribution < -0.4 is 0 Å². The maximum atomic E-state index is 12.8. The molecule has 16 heavy (non-hydrogen) atoms. The van der Waals surface area contributed by atoms with Crippen molar-refractivity contribution in [2.75, 3.05) is 0 Å². The minimum atomic E-state index is -4.18. The van der Waals surface area contributed by atoms with Crippen molar-refractivity contribution in [1.82, 2.24) is 4.98 Å². The van der Waals surface area contributed by atoms with Gasteiger partial charge in [0.1, 0.15) is 0 Å². The van der Waals surface area contributed by atoms with Crippen molar-refractivity contribution in [3.8, 4) is 0 Å². The van der Waals surface area contributed by atoms with E-state index in [0.29, 0.717) is 10.9 Å². The molecule has 0 radical (unpaired) electrons. The first-order chi connectivity index (χ1) is 7.54. The summed E-state index contributed by atoms with van der Waals surface area (Å²) in [5.74, 6) is -1.39. The SMILES string of the molecule is CC[C@H](c1c[nH]c2ccccc12)C(F)(F)F. The molecule has 0 amide bonds. The first-order valence-electron chi connectivity index (χ1n) is 5.16. The summed E-state index contributed by atoms with van der Waals surface area (Å²) in [5, 5.41) is 0.659. The number of rotatable bonds is 2.